The van der Waals surface area contributed by atoms with Crippen LogP contribution in [0.2, 0.25) is 5.02 Å². The molecule has 0 aliphatic carbocycles. The largest absolute Gasteiger partial charge is 0.497 e. The van der Waals surface area contributed by atoms with E-state index in [0.29, 0.717) is 29.5 Å². The fraction of sp³-hybridized carbons (Fsp3) is 0.158. The highest BCUT2D eigenvalue weighted by atomic mass is 35.5. The number of rotatable bonds is 7. The van der Waals surface area contributed by atoms with E-state index in [0.717, 1.165) is 11.4 Å². The minimum absolute atomic E-state index is 0.221. The number of nitrogens with zero attached hydrogens (tertiary/aromatic N) is 2. The number of para-hydroxylation sites is 1. The van der Waals surface area contributed by atoms with E-state index in [9.17, 15) is 4.79 Å². The standard InChI is InChI=1S/C19H18ClN3O3/c1-25-15-6-8-16(9-7-15)26-11-10-21-19(24)14-12-22-23(13-14)18-5-3-2-4-17(18)20/h2-9,12-13H,10-11H2,1H3,(H,21,24). The molecule has 0 fully saturated rings. The molecule has 0 spiro atoms. The average Bonchev–Trinajstić information content (AvgIpc) is 3.16. The average molecular weight is 372 g/mol. The second kappa shape index (κ2) is 8.40. The van der Waals surface area contributed by atoms with Crippen LogP contribution in [0.1, 0.15) is 10.4 Å². The van der Waals surface area contributed by atoms with Crippen molar-refractivity contribution in [2.24, 2.45) is 0 Å². The van der Waals surface area contributed by atoms with E-state index in [1.807, 2.05) is 42.5 Å². The molecule has 134 valence electrons. The Morgan fingerprint density at radius 2 is 1.88 bits per heavy atom. The van der Waals surface area contributed by atoms with Gasteiger partial charge in [0.25, 0.3) is 5.91 Å². The molecule has 0 saturated heterocycles. The number of methoxy groups -OCH3 is 1. The SMILES string of the molecule is COc1ccc(OCCNC(=O)c2cnn(-c3ccccc3Cl)c2)cc1. The predicted molar refractivity (Wildman–Crippen MR) is 99.4 cm³/mol. The molecule has 0 aliphatic heterocycles. The van der Waals surface area contributed by atoms with E-state index in [4.69, 9.17) is 21.1 Å². The molecule has 2 aromatic carbocycles. The first-order chi connectivity index (χ1) is 12.7. The van der Waals surface area contributed by atoms with Gasteiger partial charge in [0.2, 0.25) is 0 Å². The molecule has 0 bridgehead atoms. The van der Waals surface area contributed by atoms with Crippen LogP contribution in [0.15, 0.2) is 60.9 Å². The maximum atomic E-state index is 12.2. The van der Waals surface area contributed by atoms with Crippen LogP contribution < -0.4 is 14.8 Å². The zero-order chi connectivity index (χ0) is 18.4. The Labute approximate surface area is 156 Å². The lowest BCUT2D eigenvalue weighted by Crippen LogP contribution is -2.27. The fourth-order valence-electron chi connectivity index (χ4n) is 2.32. The maximum Gasteiger partial charge on any atom is 0.254 e. The normalized spacial score (nSPS) is 10.4. The zero-order valence-corrected chi connectivity index (χ0v) is 14.9. The second-order valence-corrected chi connectivity index (χ2v) is 5.81. The monoisotopic (exact) mass is 371 g/mol. The Morgan fingerprint density at radius 1 is 1.15 bits per heavy atom. The number of hydrogen-bond donors (Lipinski definition) is 1. The molecule has 0 atom stereocenters. The van der Waals surface area contributed by atoms with E-state index >= 15 is 0 Å². The van der Waals surface area contributed by atoms with Crippen LogP contribution in [0.4, 0.5) is 0 Å². The Bertz CT molecular complexity index is 878. The van der Waals surface area contributed by atoms with Gasteiger partial charge >= 0.3 is 0 Å². The second-order valence-electron chi connectivity index (χ2n) is 5.40. The molecule has 26 heavy (non-hydrogen) atoms. The van der Waals surface area contributed by atoms with Crippen LogP contribution in [-0.4, -0.2) is 35.9 Å². The minimum Gasteiger partial charge on any atom is -0.497 e. The Morgan fingerprint density at radius 3 is 2.62 bits per heavy atom. The van der Waals surface area contributed by atoms with Gasteiger partial charge in [-0.25, -0.2) is 4.68 Å². The third kappa shape index (κ3) is 4.34. The molecule has 1 amide bonds. The van der Waals surface area contributed by atoms with Crippen molar-refractivity contribution < 1.29 is 14.3 Å². The molecule has 1 N–H and O–H groups in total. The van der Waals surface area contributed by atoms with Crippen molar-refractivity contribution in [3.8, 4) is 17.2 Å². The number of hydrogen-bond acceptors (Lipinski definition) is 4. The molecule has 0 unspecified atom stereocenters. The van der Waals surface area contributed by atoms with E-state index in [1.54, 1.807) is 24.1 Å². The van der Waals surface area contributed by atoms with Crippen molar-refractivity contribution in [2.75, 3.05) is 20.3 Å². The summed E-state index contributed by atoms with van der Waals surface area (Å²) in [5, 5.41) is 7.55. The van der Waals surface area contributed by atoms with Gasteiger partial charge in [-0.3, -0.25) is 4.79 Å². The quantitative estimate of drug-likeness (QED) is 0.647. The van der Waals surface area contributed by atoms with Crippen LogP contribution in [0.5, 0.6) is 11.5 Å². The summed E-state index contributed by atoms with van der Waals surface area (Å²) in [5.41, 5.74) is 1.17. The van der Waals surface area contributed by atoms with Gasteiger partial charge in [0.15, 0.2) is 0 Å². The summed E-state index contributed by atoms with van der Waals surface area (Å²) in [6, 6.07) is 14.6. The molecule has 0 saturated carbocycles. The number of nitrogens with one attached hydrogen (secondary N) is 1. The van der Waals surface area contributed by atoms with Gasteiger partial charge in [-0.05, 0) is 36.4 Å². The third-order valence-electron chi connectivity index (χ3n) is 3.66. The van der Waals surface area contributed by atoms with E-state index in [2.05, 4.69) is 10.4 Å². The topological polar surface area (TPSA) is 65.4 Å². The van der Waals surface area contributed by atoms with Gasteiger partial charge in [-0.15, -0.1) is 0 Å². The molecule has 7 heteroatoms. The summed E-state index contributed by atoms with van der Waals surface area (Å²) in [4.78, 5) is 12.2. The van der Waals surface area contributed by atoms with Crippen molar-refractivity contribution in [2.45, 2.75) is 0 Å². The molecule has 1 heterocycles. The molecule has 3 rings (SSSR count). The molecular formula is C19H18ClN3O3. The Kier molecular flexibility index (Phi) is 5.76. The van der Waals surface area contributed by atoms with Gasteiger partial charge in [-0.1, -0.05) is 23.7 Å². The van der Waals surface area contributed by atoms with Gasteiger partial charge in [0, 0.05) is 6.20 Å². The van der Waals surface area contributed by atoms with E-state index in [-0.39, 0.29) is 5.91 Å². The zero-order valence-electron chi connectivity index (χ0n) is 14.2. The van der Waals surface area contributed by atoms with Crippen LogP contribution in [0, 0.1) is 0 Å². The molecule has 6 nitrogen and oxygen atoms in total. The van der Waals surface area contributed by atoms with Crippen LogP contribution in [0.3, 0.4) is 0 Å². The smallest absolute Gasteiger partial charge is 0.254 e. The molecule has 3 aromatic rings. The number of carbonyl (C=O) groups excluding carboxylic acids is 1. The van der Waals surface area contributed by atoms with Crippen LogP contribution in [-0.2, 0) is 0 Å². The number of ether oxygens (including phenoxy) is 2. The fourth-order valence-corrected chi connectivity index (χ4v) is 2.54. The van der Waals surface area contributed by atoms with Gasteiger partial charge in [-0.2, -0.15) is 5.10 Å². The van der Waals surface area contributed by atoms with Crippen LogP contribution in [0.25, 0.3) is 5.69 Å². The molecular weight excluding hydrogens is 354 g/mol. The number of halogens is 1. The lowest BCUT2D eigenvalue weighted by atomic mass is 10.3. The van der Waals surface area contributed by atoms with Crippen molar-refractivity contribution in [1.82, 2.24) is 15.1 Å². The van der Waals surface area contributed by atoms with Gasteiger partial charge in [0.1, 0.15) is 18.1 Å². The number of carbonyl (C=O) groups is 1. The van der Waals surface area contributed by atoms with Crippen molar-refractivity contribution in [3.63, 3.8) is 0 Å². The molecule has 0 radical (unpaired) electrons. The first kappa shape index (κ1) is 17.8. The summed E-state index contributed by atoms with van der Waals surface area (Å²) in [6.07, 6.45) is 3.14. The number of benzene rings is 2. The Hall–Kier alpha value is -2.99. The summed E-state index contributed by atoms with van der Waals surface area (Å²) < 4.78 is 12.2. The lowest BCUT2D eigenvalue weighted by molar-refractivity contribution is 0.0947. The van der Waals surface area contributed by atoms with Crippen molar-refractivity contribution in [1.29, 1.82) is 0 Å². The predicted octanol–water partition coefficient (Wildman–Crippen LogP) is 3.34. The summed E-state index contributed by atoms with van der Waals surface area (Å²) in [6.45, 7) is 0.735. The van der Waals surface area contributed by atoms with E-state index < -0.39 is 0 Å². The van der Waals surface area contributed by atoms with E-state index in [1.165, 1.54) is 6.20 Å². The lowest BCUT2D eigenvalue weighted by Gasteiger charge is -2.08. The summed E-state index contributed by atoms with van der Waals surface area (Å²) in [7, 11) is 1.61. The number of aromatic nitrogens is 2. The third-order valence-corrected chi connectivity index (χ3v) is 3.98. The first-order valence-electron chi connectivity index (χ1n) is 8.02. The molecule has 1 aromatic heterocycles. The van der Waals surface area contributed by atoms with Crippen molar-refractivity contribution in [3.05, 3.63) is 71.5 Å². The van der Waals surface area contributed by atoms with Crippen molar-refractivity contribution >= 4 is 17.5 Å². The summed E-state index contributed by atoms with van der Waals surface area (Å²) in [5.74, 6) is 1.26. The first-order valence-corrected chi connectivity index (χ1v) is 8.40. The molecule has 0 aliphatic rings. The highest BCUT2D eigenvalue weighted by Gasteiger charge is 2.10. The Balaban J connectivity index is 1.50. The minimum atomic E-state index is -0.221. The number of amides is 1. The van der Waals surface area contributed by atoms with Crippen LogP contribution >= 0.6 is 11.6 Å². The maximum absolute atomic E-state index is 12.2. The highest BCUT2D eigenvalue weighted by molar-refractivity contribution is 6.32. The van der Waals surface area contributed by atoms with Gasteiger partial charge in [0.05, 0.1) is 36.1 Å². The van der Waals surface area contributed by atoms with Gasteiger partial charge < -0.3 is 14.8 Å². The summed E-state index contributed by atoms with van der Waals surface area (Å²) >= 11 is 6.14. The highest BCUT2D eigenvalue weighted by Crippen LogP contribution is 2.19.